The van der Waals surface area contributed by atoms with Gasteiger partial charge < -0.3 is 9.80 Å². The highest BCUT2D eigenvalue weighted by Crippen LogP contribution is 2.23. The largest absolute Gasteiger partial charge is 0.353 e. The third kappa shape index (κ3) is 5.33. The molecule has 0 bridgehead atoms. The number of rotatable bonds is 5. The SMILES string of the molecule is Cc1cc(N2CCN(C(=O)CCCc3ccc(Cl)c(Cl)c3)CC2)nc(C)n1. The molecule has 0 N–H and O–H groups in total. The molecule has 0 radical (unpaired) electrons. The zero-order valence-corrected chi connectivity index (χ0v) is 17.2. The second kappa shape index (κ2) is 8.89. The number of anilines is 1. The number of benzene rings is 1. The van der Waals surface area contributed by atoms with E-state index >= 15 is 0 Å². The van der Waals surface area contributed by atoms with Crippen LogP contribution in [0.3, 0.4) is 0 Å². The van der Waals surface area contributed by atoms with E-state index in [-0.39, 0.29) is 5.91 Å². The van der Waals surface area contributed by atoms with Gasteiger partial charge in [0.15, 0.2) is 0 Å². The minimum atomic E-state index is 0.213. The molecule has 5 nitrogen and oxygen atoms in total. The molecule has 7 heteroatoms. The Morgan fingerprint density at radius 1 is 1.04 bits per heavy atom. The first-order chi connectivity index (χ1) is 12.9. The fourth-order valence-corrected chi connectivity index (χ4v) is 3.66. The number of nitrogens with zero attached hydrogens (tertiary/aromatic N) is 4. The summed E-state index contributed by atoms with van der Waals surface area (Å²) >= 11 is 12.0. The van der Waals surface area contributed by atoms with E-state index in [0.717, 1.165) is 61.9 Å². The smallest absolute Gasteiger partial charge is 0.222 e. The molecule has 0 aliphatic carbocycles. The van der Waals surface area contributed by atoms with Crippen molar-refractivity contribution in [2.45, 2.75) is 33.1 Å². The van der Waals surface area contributed by atoms with Gasteiger partial charge in [0.25, 0.3) is 0 Å². The monoisotopic (exact) mass is 406 g/mol. The summed E-state index contributed by atoms with van der Waals surface area (Å²) in [7, 11) is 0. The molecule has 1 aliphatic rings. The van der Waals surface area contributed by atoms with Gasteiger partial charge >= 0.3 is 0 Å². The lowest BCUT2D eigenvalue weighted by atomic mass is 10.1. The first kappa shape index (κ1) is 19.9. The van der Waals surface area contributed by atoms with E-state index in [2.05, 4.69) is 14.9 Å². The lowest BCUT2D eigenvalue weighted by molar-refractivity contribution is -0.131. The van der Waals surface area contributed by atoms with Crippen molar-refractivity contribution in [2.24, 2.45) is 0 Å². The molecule has 2 aromatic rings. The van der Waals surface area contributed by atoms with Gasteiger partial charge in [0.1, 0.15) is 11.6 Å². The van der Waals surface area contributed by atoms with E-state index in [4.69, 9.17) is 23.2 Å². The number of halogens is 2. The predicted molar refractivity (Wildman–Crippen MR) is 110 cm³/mol. The second-order valence-electron chi connectivity index (χ2n) is 6.88. The summed E-state index contributed by atoms with van der Waals surface area (Å²) in [6.07, 6.45) is 2.18. The van der Waals surface area contributed by atoms with Crippen LogP contribution in [-0.2, 0) is 11.2 Å². The lowest BCUT2D eigenvalue weighted by Gasteiger charge is -2.35. The van der Waals surface area contributed by atoms with Crippen LogP contribution in [-0.4, -0.2) is 47.0 Å². The van der Waals surface area contributed by atoms with E-state index in [9.17, 15) is 4.79 Å². The Bertz CT molecular complexity index is 799. The Hall–Kier alpha value is -1.85. The number of hydrogen-bond donors (Lipinski definition) is 0. The molecule has 1 aromatic heterocycles. The summed E-state index contributed by atoms with van der Waals surface area (Å²) in [5, 5.41) is 1.12. The maximum Gasteiger partial charge on any atom is 0.222 e. The van der Waals surface area contributed by atoms with Crippen molar-refractivity contribution in [3.8, 4) is 0 Å². The van der Waals surface area contributed by atoms with Crippen molar-refractivity contribution in [3.63, 3.8) is 0 Å². The predicted octanol–water partition coefficient (Wildman–Crippen LogP) is 4.07. The van der Waals surface area contributed by atoms with Crippen LogP contribution in [0.25, 0.3) is 0 Å². The van der Waals surface area contributed by atoms with E-state index in [0.29, 0.717) is 16.5 Å². The number of aromatic nitrogens is 2. The van der Waals surface area contributed by atoms with Crippen LogP contribution in [0.1, 0.15) is 29.9 Å². The van der Waals surface area contributed by atoms with Crippen LogP contribution in [0.15, 0.2) is 24.3 Å². The van der Waals surface area contributed by atoms with Crippen molar-refractivity contribution >= 4 is 34.9 Å². The molecule has 0 saturated carbocycles. The van der Waals surface area contributed by atoms with Gasteiger partial charge in [-0.15, -0.1) is 0 Å². The summed E-state index contributed by atoms with van der Waals surface area (Å²) in [6, 6.07) is 7.64. The number of hydrogen-bond acceptors (Lipinski definition) is 4. The van der Waals surface area contributed by atoms with E-state index < -0.39 is 0 Å². The number of aryl methyl sites for hydroxylation is 3. The maximum absolute atomic E-state index is 12.5. The molecule has 144 valence electrons. The number of carbonyl (C=O) groups excluding carboxylic acids is 1. The van der Waals surface area contributed by atoms with Crippen LogP contribution >= 0.6 is 23.2 Å². The molecule has 1 fully saturated rings. The molecule has 1 saturated heterocycles. The molecule has 1 aliphatic heterocycles. The highest BCUT2D eigenvalue weighted by Gasteiger charge is 2.22. The van der Waals surface area contributed by atoms with Crippen molar-refractivity contribution in [2.75, 3.05) is 31.1 Å². The molecule has 1 amide bonds. The van der Waals surface area contributed by atoms with Crippen LogP contribution in [0.2, 0.25) is 10.0 Å². The zero-order valence-electron chi connectivity index (χ0n) is 15.7. The van der Waals surface area contributed by atoms with Crippen molar-refractivity contribution < 1.29 is 4.79 Å². The molecule has 0 unspecified atom stereocenters. The van der Waals surface area contributed by atoms with Gasteiger partial charge in [-0.3, -0.25) is 4.79 Å². The van der Waals surface area contributed by atoms with Gasteiger partial charge in [0, 0.05) is 44.4 Å². The second-order valence-corrected chi connectivity index (χ2v) is 7.70. The van der Waals surface area contributed by atoms with E-state index in [1.165, 1.54) is 0 Å². The molecule has 2 heterocycles. The Morgan fingerprint density at radius 3 is 2.44 bits per heavy atom. The molecule has 0 spiro atoms. The highest BCUT2D eigenvalue weighted by atomic mass is 35.5. The van der Waals surface area contributed by atoms with Crippen molar-refractivity contribution in [3.05, 3.63) is 51.4 Å². The fraction of sp³-hybridized carbons (Fsp3) is 0.450. The number of piperazine rings is 1. The van der Waals surface area contributed by atoms with Gasteiger partial charge in [0.2, 0.25) is 5.91 Å². The third-order valence-corrected chi connectivity index (χ3v) is 5.49. The van der Waals surface area contributed by atoms with Gasteiger partial charge in [-0.2, -0.15) is 0 Å². The summed E-state index contributed by atoms with van der Waals surface area (Å²) in [5.74, 6) is 1.95. The summed E-state index contributed by atoms with van der Waals surface area (Å²) < 4.78 is 0. The topological polar surface area (TPSA) is 49.3 Å². The summed E-state index contributed by atoms with van der Waals surface area (Å²) in [4.78, 5) is 25.5. The van der Waals surface area contributed by atoms with Gasteiger partial charge in [-0.25, -0.2) is 9.97 Å². The standard InChI is InChI=1S/C20H24Cl2N4O/c1-14-12-19(24-15(2)23-14)25-8-10-26(11-9-25)20(27)5-3-4-16-6-7-17(21)18(22)13-16/h6-7,12-13H,3-5,8-11H2,1-2H3. The minimum absolute atomic E-state index is 0.213. The van der Waals surface area contributed by atoms with Gasteiger partial charge in [-0.1, -0.05) is 29.3 Å². The van der Waals surface area contributed by atoms with Crippen molar-refractivity contribution in [1.82, 2.24) is 14.9 Å². The maximum atomic E-state index is 12.5. The Labute approximate surface area is 170 Å². The summed E-state index contributed by atoms with van der Waals surface area (Å²) in [5.41, 5.74) is 2.08. The molecule has 27 heavy (non-hydrogen) atoms. The van der Waals surface area contributed by atoms with Gasteiger partial charge in [-0.05, 0) is 44.4 Å². The molecule has 1 aromatic carbocycles. The molecule has 3 rings (SSSR count). The molecule has 0 atom stereocenters. The fourth-order valence-electron chi connectivity index (χ4n) is 3.34. The van der Waals surface area contributed by atoms with E-state index in [1.807, 2.05) is 36.9 Å². The van der Waals surface area contributed by atoms with Crippen LogP contribution in [0.5, 0.6) is 0 Å². The number of amides is 1. The first-order valence-electron chi connectivity index (χ1n) is 9.21. The van der Waals surface area contributed by atoms with Crippen molar-refractivity contribution in [1.29, 1.82) is 0 Å². The normalized spacial score (nSPS) is 14.5. The highest BCUT2D eigenvalue weighted by molar-refractivity contribution is 6.42. The van der Waals surface area contributed by atoms with Gasteiger partial charge in [0.05, 0.1) is 10.0 Å². The summed E-state index contributed by atoms with van der Waals surface area (Å²) in [6.45, 7) is 6.94. The number of carbonyl (C=O) groups is 1. The van der Waals surface area contributed by atoms with Crippen LogP contribution in [0.4, 0.5) is 5.82 Å². The van der Waals surface area contributed by atoms with Crippen LogP contribution in [0, 0.1) is 13.8 Å². The van der Waals surface area contributed by atoms with Crippen LogP contribution < -0.4 is 4.90 Å². The lowest BCUT2D eigenvalue weighted by Crippen LogP contribution is -2.49. The first-order valence-corrected chi connectivity index (χ1v) is 9.97. The Kier molecular flexibility index (Phi) is 6.55. The quantitative estimate of drug-likeness (QED) is 0.750. The third-order valence-electron chi connectivity index (χ3n) is 4.75. The molecular weight excluding hydrogens is 383 g/mol. The molecular formula is C20H24Cl2N4O. The average molecular weight is 407 g/mol. The van der Waals surface area contributed by atoms with E-state index in [1.54, 1.807) is 6.07 Å². The Balaban J connectivity index is 1.46. The minimum Gasteiger partial charge on any atom is -0.353 e. The average Bonchev–Trinajstić information content (AvgIpc) is 2.64. The zero-order chi connectivity index (χ0) is 19.4. The Morgan fingerprint density at radius 2 is 1.78 bits per heavy atom.